The van der Waals surface area contributed by atoms with E-state index in [1.807, 2.05) is 0 Å². The second-order valence-electron chi connectivity index (χ2n) is 7.16. The van der Waals surface area contributed by atoms with E-state index in [1.165, 1.54) is 11.1 Å². The molecule has 0 aliphatic heterocycles. The van der Waals surface area contributed by atoms with Gasteiger partial charge in [0.1, 0.15) is 0 Å². The molecule has 2 N–H and O–H groups in total. The lowest BCUT2D eigenvalue weighted by molar-refractivity contribution is 0.0690. The molecular weight excluding hydrogens is 501 g/mol. The van der Waals surface area contributed by atoms with Crippen LogP contribution in [0.2, 0.25) is 0 Å². The van der Waals surface area contributed by atoms with Crippen LogP contribution in [0.3, 0.4) is 0 Å². The summed E-state index contributed by atoms with van der Waals surface area (Å²) in [7, 11) is 1.69. The van der Waals surface area contributed by atoms with E-state index in [0.29, 0.717) is 19.1 Å². The van der Waals surface area contributed by atoms with Crippen LogP contribution in [0, 0.1) is 0 Å². The van der Waals surface area contributed by atoms with Gasteiger partial charge < -0.3 is 20.1 Å². The SMILES string of the molecule is CCNC(=NCCCCOCCOC)NCCC(c1ccccc1)c1ccccc1.I. The van der Waals surface area contributed by atoms with Crippen LogP contribution in [0.25, 0.3) is 0 Å². The van der Waals surface area contributed by atoms with Gasteiger partial charge in [0, 0.05) is 39.3 Å². The lowest BCUT2D eigenvalue weighted by Crippen LogP contribution is -2.38. The highest BCUT2D eigenvalue weighted by Gasteiger charge is 2.13. The Balaban J connectivity index is 0.00000480. The summed E-state index contributed by atoms with van der Waals surface area (Å²) in [5, 5.41) is 6.85. The number of halogens is 1. The van der Waals surface area contributed by atoms with Gasteiger partial charge in [-0.05, 0) is 37.3 Å². The van der Waals surface area contributed by atoms with Crippen molar-refractivity contribution in [2.24, 2.45) is 4.99 Å². The maximum absolute atomic E-state index is 5.50. The minimum atomic E-state index is 0. The topological polar surface area (TPSA) is 54.9 Å². The van der Waals surface area contributed by atoms with Crippen LogP contribution >= 0.6 is 24.0 Å². The quantitative estimate of drug-likeness (QED) is 0.156. The van der Waals surface area contributed by atoms with Gasteiger partial charge in [-0.15, -0.1) is 24.0 Å². The molecule has 0 bridgehead atoms. The molecule has 6 heteroatoms. The first-order chi connectivity index (χ1) is 14.8. The Labute approximate surface area is 205 Å². The van der Waals surface area contributed by atoms with Crippen LogP contribution in [0.15, 0.2) is 65.7 Å². The smallest absolute Gasteiger partial charge is 0.191 e. The van der Waals surface area contributed by atoms with Crippen LogP contribution in [0.4, 0.5) is 0 Å². The molecule has 0 radical (unpaired) electrons. The van der Waals surface area contributed by atoms with Crippen LogP contribution < -0.4 is 10.6 Å². The van der Waals surface area contributed by atoms with E-state index in [4.69, 9.17) is 14.5 Å². The van der Waals surface area contributed by atoms with Gasteiger partial charge in [0.05, 0.1) is 13.2 Å². The summed E-state index contributed by atoms with van der Waals surface area (Å²) in [5.41, 5.74) is 2.70. The van der Waals surface area contributed by atoms with Gasteiger partial charge in [0.15, 0.2) is 5.96 Å². The number of ether oxygens (including phenoxy) is 2. The number of methoxy groups -OCH3 is 1. The molecule has 2 aromatic carbocycles. The van der Waals surface area contributed by atoms with E-state index in [-0.39, 0.29) is 24.0 Å². The Bertz CT molecular complexity index is 659. The molecule has 0 heterocycles. The van der Waals surface area contributed by atoms with Crippen LogP contribution in [-0.4, -0.2) is 52.5 Å². The molecule has 0 atom stereocenters. The fourth-order valence-corrected chi connectivity index (χ4v) is 3.32. The first-order valence-electron chi connectivity index (χ1n) is 11.0. The van der Waals surface area contributed by atoms with Crippen molar-refractivity contribution in [1.29, 1.82) is 0 Å². The van der Waals surface area contributed by atoms with E-state index in [9.17, 15) is 0 Å². The highest BCUT2D eigenvalue weighted by molar-refractivity contribution is 14.0. The molecule has 0 aliphatic carbocycles. The maximum atomic E-state index is 5.50. The predicted octanol–water partition coefficient (Wildman–Crippen LogP) is 4.82. The molecule has 0 saturated heterocycles. The van der Waals surface area contributed by atoms with E-state index < -0.39 is 0 Å². The van der Waals surface area contributed by atoms with Crippen molar-refractivity contribution < 1.29 is 9.47 Å². The van der Waals surface area contributed by atoms with Gasteiger partial charge in [-0.25, -0.2) is 0 Å². The number of nitrogens with one attached hydrogen (secondary N) is 2. The second-order valence-corrected chi connectivity index (χ2v) is 7.16. The van der Waals surface area contributed by atoms with Gasteiger partial charge in [0.2, 0.25) is 0 Å². The molecule has 0 amide bonds. The molecule has 0 aromatic heterocycles. The summed E-state index contributed by atoms with van der Waals surface area (Å²) in [6.07, 6.45) is 3.03. The Kier molecular flexibility index (Phi) is 15.9. The average Bonchev–Trinajstić information content (AvgIpc) is 2.79. The van der Waals surface area contributed by atoms with E-state index in [2.05, 4.69) is 78.2 Å². The molecular formula is C25H38IN3O2. The lowest BCUT2D eigenvalue weighted by atomic mass is 9.88. The molecule has 5 nitrogen and oxygen atoms in total. The van der Waals surface area contributed by atoms with Gasteiger partial charge in [0.25, 0.3) is 0 Å². The van der Waals surface area contributed by atoms with E-state index in [1.54, 1.807) is 7.11 Å². The number of hydrogen-bond acceptors (Lipinski definition) is 3. The number of guanidine groups is 1. The Morgan fingerprint density at radius 1 is 0.871 bits per heavy atom. The highest BCUT2D eigenvalue weighted by atomic mass is 127. The molecule has 0 spiro atoms. The van der Waals surface area contributed by atoms with E-state index >= 15 is 0 Å². The number of benzene rings is 2. The van der Waals surface area contributed by atoms with Crippen LogP contribution in [0.1, 0.15) is 43.2 Å². The molecule has 2 rings (SSSR count). The number of nitrogens with zero attached hydrogens (tertiary/aromatic N) is 1. The summed E-state index contributed by atoms with van der Waals surface area (Å²) in [6.45, 7) is 6.68. The summed E-state index contributed by atoms with van der Waals surface area (Å²) >= 11 is 0. The first-order valence-corrected chi connectivity index (χ1v) is 11.0. The van der Waals surface area contributed by atoms with Gasteiger partial charge >= 0.3 is 0 Å². The van der Waals surface area contributed by atoms with Gasteiger partial charge in [-0.1, -0.05) is 60.7 Å². The summed E-state index contributed by atoms with van der Waals surface area (Å²) < 4.78 is 10.5. The van der Waals surface area contributed by atoms with Crippen molar-refractivity contribution in [2.45, 2.75) is 32.1 Å². The normalized spacial score (nSPS) is 11.3. The zero-order valence-electron chi connectivity index (χ0n) is 18.9. The second kappa shape index (κ2) is 18.0. The third-order valence-electron chi connectivity index (χ3n) is 4.87. The lowest BCUT2D eigenvalue weighted by Gasteiger charge is -2.19. The Hall–Kier alpha value is -1.64. The predicted molar refractivity (Wildman–Crippen MR) is 141 cm³/mol. The number of hydrogen-bond donors (Lipinski definition) is 2. The third-order valence-corrected chi connectivity index (χ3v) is 4.87. The summed E-state index contributed by atoms with van der Waals surface area (Å²) in [5.74, 6) is 1.25. The largest absolute Gasteiger partial charge is 0.382 e. The monoisotopic (exact) mass is 539 g/mol. The van der Waals surface area contributed by atoms with Crippen molar-refractivity contribution in [3.8, 4) is 0 Å². The third kappa shape index (κ3) is 11.5. The van der Waals surface area contributed by atoms with Crippen molar-refractivity contribution >= 4 is 29.9 Å². The summed E-state index contributed by atoms with van der Waals surface area (Å²) in [4.78, 5) is 4.70. The number of rotatable bonds is 14. The molecule has 31 heavy (non-hydrogen) atoms. The standard InChI is InChI=1S/C25H37N3O2.HI/c1-3-26-25(27-17-10-11-19-30-21-20-29-2)28-18-16-24(22-12-6-4-7-13-22)23-14-8-5-9-15-23;/h4-9,12-15,24H,3,10-11,16-21H2,1-2H3,(H2,26,27,28);1H. The molecule has 0 fully saturated rings. The highest BCUT2D eigenvalue weighted by Crippen LogP contribution is 2.27. The Morgan fingerprint density at radius 2 is 1.52 bits per heavy atom. The molecule has 0 unspecified atom stereocenters. The minimum absolute atomic E-state index is 0. The average molecular weight is 540 g/mol. The van der Waals surface area contributed by atoms with Crippen molar-refractivity contribution in [2.75, 3.05) is 46.6 Å². The van der Waals surface area contributed by atoms with Gasteiger partial charge in [-0.3, -0.25) is 4.99 Å². The fourth-order valence-electron chi connectivity index (χ4n) is 3.32. The number of unbranched alkanes of at least 4 members (excludes halogenated alkanes) is 1. The van der Waals surface area contributed by atoms with E-state index in [0.717, 1.165) is 51.5 Å². The molecule has 0 aliphatic rings. The fraction of sp³-hybridized carbons (Fsp3) is 0.480. The van der Waals surface area contributed by atoms with Crippen molar-refractivity contribution in [3.05, 3.63) is 71.8 Å². The molecule has 0 saturated carbocycles. The van der Waals surface area contributed by atoms with Crippen molar-refractivity contribution in [1.82, 2.24) is 10.6 Å². The minimum Gasteiger partial charge on any atom is -0.382 e. The first kappa shape index (κ1) is 27.4. The van der Waals surface area contributed by atoms with Crippen molar-refractivity contribution in [3.63, 3.8) is 0 Å². The van der Waals surface area contributed by atoms with Gasteiger partial charge in [-0.2, -0.15) is 0 Å². The Morgan fingerprint density at radius 3 is 2.10 bits per heavy atom. The molecule has 2 aromatic rings. The van der Waals surface area contributed by atoms with Crippen LogP contribution in [0.5, 0.6) is 0 Å². The zero-order valence-corrected chi connectivity index (χ0v) is 21.2. The molecule has 172 valence electrons. The summed E-state index contributed by atoms with van der Waals surface area (Å²) in [6, 6.07) is 21.5. The maximum Gasteiger partial charge on any atom is 0.191 e. The van der Waals surface area contributed by atoms with Crippen LogP contribution in [-0.2, 0) is 9.47 Å². The zero-order chi connectivity index (χ0) is 21.3. The number of aliphatic imine (C=N–C) groups is 1.